The molecule has 1 heterocycles. The minimum absolute atomic E-state index is 0.107. The number of hydrogen-bond acceptors (Lipinski definition) is 6. The second-order valence-corrected chi connectivity index (χ2v) is 4.31. The molecule has 2 aromatic rings. The van der Waals surface area contributed by atoms with E-state index >= 15 is 0 Å². The second-order valence-electron chi connectivity index (χ2n) is 3.25. The van der Waals surface area contributed by atoms with Gasteiger partial charge in [0, 0.05) is 28.8 Å². The summed E-state index contributed by atoms with van der Waals surface area (Å²) >= 11 is 1.25. The molecule has 0 N–H and O–H groups in total. The lowest BCUT2D eigenvalue weighted by Gasteiger charge is -2.03. The number of aromatic nitrogens is 2. The number of hydrogen-bond donors (Lipinski definition) is 0. The van der Waals surface area contributed by atoms with Crippen molar-refractivity contribution in [2.24, 2.45) is 0 Å². The van der Waals surface area contributed by atoms with Gasteiger partial charge in [0.1, 0.15) is 11.4 Å². The number of carbonyl (C=O) groups is 1. The van der Waals surface area contributed by atoms with Gasteiger partial charge in [-0.05, 0) is 12.1 Å². The average Bonchev–Trinajstić information content (AvgIpc) is 2.40. The van der Waals surface area contributed by atoms with Crippen LogP contribution in [0, 0.1) is 10.1 Å². The Balaban J connectivity index is 2.34. The standard InChI is InChI=1S/C11H7N3O3S/c15-6-8-5-9(14(16)17)1-2-10(8)18-11-3-4-12-7-13-11/h1-7H. The molecule has 18 heavy (non-hydrogen) atoms. The van der Waals surface area contributed by atoms with Gasteiger partial charge in [0.25, 0.3) is 5.69 Å². The number of nitro groups is 1. The van der Waals surface area contributed by atoms with Gasteiger partial charge in [-0.25, -0.2) is 9.97 Å². The number of nitrogens with zero attached hydrogens (tertiary/aromatic N) is 3. The van der Waals surface area contributed by atoms with Crippen LogP contribution in [0.25, 0.3) is 0 Å². The van der Waals surface area contributed by atoms with Gasteiger partial charge in [0.2, 0.25) is 0 Å². The molecule has 0 saturated heterocycles. The van der Waals surface area contributed by atoms with Crippen LogP contribution < -0.4 is 0 Å². The first-order valence-electron chi connectivity index (χ1n) is 4.88. The highest BCUT2D eigenvalue weighted by Gasteiger charge is 2.11. The maximum atomic E-state index is 10.9. The summed E-state index contributed by atoms with van der Waals surface area (Å²) in [5.41, 5.74) is 0.164. The Hall–Kier alpha value is -2.28. The fourth-order valence-electron chi connectivity index (χ4n) is 1.29. The number of benzene rings is 1. The van der Waals surface area contributed by atoms with Crippen molar-refractivity contribution in [2.45, 2.75) is 9.92 Å². The predicted octanol–water partition coefficient (Wildman–Crippen LogP) is 2.35. The van der Waals surface area contributed by atoms with Crippen molar-refractivity contribution in [1.29, 1.82) is 0 Å². The molecule has 1 aromatic heterocycles. The van der Waals surface area contributed by atoms with Gasteiger partial charge < -0.3 is 0 Å². The minimum atomic E-state index is -0.536. The van der Waals surface area contributed by atoms with Gasteiger partial charge in [-0.15, -0.1) is 0 Å². The van der Waals surface area contributed by atoms with Gasteiger partial charge in [0.05, 0.1) is 4.92 Å². The van der Waals surface area contributed by atoms with E-state index in [1.807, 2.05) is 0 Å². The first kappa shape index (κ1) is 12.2. The molecule has 7 heteroatoms. The smallest absolute Gasteiger partial charge is 0.270 e. The Morgan fingerprint density at radius 1 is 1.33 bits per heavy atom. The summed E-state index contributed by atoms with van der Waals surface area (Å²) in [4.78, 5) is 29.4. The Kier molecular flexibility index (Phi) is 3.63. The predicted molar refractivity (Wildman–Crippen MR) is 64.6 cm³/mol. The lowest BCUT2D eigenvalue weighted by Crippen LogP contribution is -1.92. The second kappa shape index (κ2) is 5.37. The molecule has 90 valence electrons. The van der Waals surface area contributed by atoms with Gasteiger partial charge in [-0.1, -0.05) is 11.8 Å². The molecule has 6 nitrogen and oxygen atoms in total. The molecule has 0 aliphatic rings. The fourth-order valence-corrected chi connectivity index (χ4v) is 2.10. The van der Waals surface area contributed by atoms with Crippen LogP contribution in [-0.4, -0.2) is 21.2 Å². The topological polar surface area (TPSA) is 86.0 Å². The molecule has 0 bridgehead atoms. The summed E-state index contributed by atoms with van der Waals surface area (Å²) in [5, 5.41) is 11.3. The molecule has 0 fully saturated rings. The molecule has 0 atom stereocenters. The molecule has 0 aliphatic carbocycles. The number of nitro benzene ring substituents is 1. The quantitative estimate of drug-likeness (QED) is 0.363. The molecular weight excluding hydrogens is 254 g/mol. The zero-order chi connectivity index (χ0) is 13.0. The lowest BCUT2D eigenvalue weighted by molar-refractivity contribution is -0.384. The van der Waals surface area contributed by atoms with Crippen LogP contribution in [0.4, 0.5) is 5.69 Å². The molecule has 0 amide bonds. The highest BCUT2D eigenvalue weighted by molar-refractivity contribution is 7.99. The maximum absolute atomic E-state index is 10.9. The Morgan fingerprint density at radius 3 is 2.78 bits per heavy atom. The van der Waals surface area contributed by atoms with E-state index in [0.717, 1.165) is 0 Å². The third-order valence-corrected chi connectivity index (χ3v) is 3.14. The Labute approximate surface area is 106 Å². The zero-order valence-electron chi connectivity index (χ0n) is 9.02. The van der Waals surface area contributed by atoms with Gasteiger partial charge in [-0.2, -0.15) is 0 Å². The summed E-state index contributed by atoms with van der Waals surface area (Å²) in [7, 11) is 0. The maximum Gasteiger partial charge on any atom is 0.270 e. The van der Waals surface area contributed by atoms with Crippen molar-refractivity contribution >= 4 is 23.7 Å². The van der Waals surface area contributed by atoms with E-state index < -0.39 is 4.92 Å². The Bertz CT molecular complexity index is 589. The summed E-state index contributed by atoms with van der Waals surface area (Å²) in [5.74, 6) is 0. The van der Waals surface area contributed by atoms with E-state index in [1.54, 1.807) is 12.3 Å². The van der Waals surface area contributed by atoms with E-state index in [9.17, 15) is 14.9 Å². The first-order valence-corrected chi connectivity index (χ1v) is 5.70. The van der Waals surface area contributed by atoms with Crippen molar-refractivity contribution in [3.05, 3.63) is 52.5 Å². The van der Waals surface area contributed by atoms with Crippen molar-refractivity contribution in [2.75, 3.05) is 0 Å². The summed E-state index contributed by atoms with van der Waals surface area (Å²) in [6.07, 6.45) is 3.58. The minimum Gasteiger partial charge on any atom is -0.298 e. The number of aldehydes is 1. The van der Waals surface area contributed by atoms with Gasteiger partial charge in [0.15, 0.2) is 6.29 Å². The van der Waals surface area contributed by atoms with E-state index in [2.05, 4.69) is 9.97 Å². The zero-order valence-corrected chi connectivity index (χ0v) is 9.83. The van der Waals surface area contributed by atoms with E-state index in [-0.39, 0.29) is 11.3 Å². The fraction of sp³-hybridized carbons (Fsp3) is 0. The third kappa shape index (κ3) is 2.69. The highest BCUT2D eigenvalue weighted by atomic mass is 32.2. The van der Waals surface area contributed by atoms with Crippen molar-refractivity contribution in [1.82, 2.24) is 9.97 Å². The number of non-ortho nitro benzene ring substituents is 1. The molecule has 0 aliphatic heterocycles. The number of rotatable bonds is 4. The highest BCUT2D eigenvalue weighted by Crippen LogP contribution is 2.30. The normalized spacial score (nSPS) is 10.0. The largest absolute Gasteiger partial charge is 0.298 e. The van der Waals surface area contributed by atoms with Gasteiger partial charge in [-0.3, -0.25) is 14.9 Å². The lowest BCUT2D eigenvalue weighted by atomic mass is 10.2. The summed E-state index contributed by atoms with van der Waals surface area (Å²) < 4.78 is 0. The first-order chi connectivity index (χ1) is 8.70. The molecule has 0 unspecified atom stereocenters. The van der Waals surface area contributed by atoms with Crippen molar-refractivity contribution < 1.29 is 9.72 Å². The molecule has 0 saturated carbocycles. The van der Waals surface area contributed by atoms with Crippen LogP contribution in [0.15, 0.2) is 46.7 Å². The number of carbonyl (C=O) groups excluding carboxylic acids is 1. The van der Waals surface area contributed by atoms with E-state index in [0.29, 0.717) is 16.2 Å². The summed E-state index contributed by atoms with van der Waals surface area (Å²) in [6.45, 7) is 0. The van der Waals surface area contributed by atoms with Crippen LogP contribution >= 0.6 is 11.8 Å². The van der Waals surface area contributed by atoms with Crippen molar-refractivity contribution in [3.63, 3.8) is 0 Å². The third-order valence-electron chi connectivity index (χ3n) is 2.10. The van der Waals surface area contributed by atoms with Gasteiger partial charge >= 0.3 is 0 Å². The monoisotopic (exact) mass is 261 g/mol. The molecule has 0 radical (unpaired) electrons. The summed E-state index contributed by atoms with van der Waals surface area (Å²) in [6, 6.07) is 5.84. The molecule has 2 rings (SSSR count). The van der Waals surface area contributed by atoms with Crippen LogP contribution in [0.1, 0.15) is 10.4 Å². The van der Waals surface area contributed by atoms with Crippen molar-refractivity contribution in [3.8, 4) is 0 Å². The van der Waals surface area contributed by atoms with E-state index in [4.69, 9.17) is 0 Å². The van der Waals surface area contributed by atoms with Crippen LogP contribution in [0.3, 0.4) is 0 Å². The average molecular weight is 261 g/mol. The van der Waals surface area contributed by atoms with Crippen LogP contribution in [-0.2, 0) is 0 Å². The molecular formula is C11H7N3O3S. The molecule has 1 aromatic carbocycles. The van der Waals surface area contributed by atoms with Crippen LogP contribution in [0.2, 0.25) is 0 Å². The molecule has 0 spiro atoms. The van der Waals surface area contributed by atoms with E-state index in [1.165, 1.54) is 36.3 Å². The Morgan fingerprint density at radius 2 is 2.17 bits per heavy atom. The van der Waals surface area contributed by atoms with Crippen LogP contribution in [0.5, 0.6) is 0 Å². The SMILES string of the molecule is O=Cc1cc([N+](=O)[O-])ccc1Sc1ccncn1.